The summed E-state index contributed by atoms with van der Waals surface area (Å²) in [6.07, 6.45) is 8.86. The van der Waals surface area contributed by atoms with Gasteiger partial charge in [-0.1, -0.05) is 12.5 Å². The van der Waals surface area contributed by atoms with Gasteiger partial charge in [-0.3, -0.25) is 9.78 Å². The number of amides is 1. The Bertz CT molecular complexity index is 953. The molecule has 0 bridgehead atoms. The summed E-state index contributed by atoms with van der Waals surface area (Å²) in [5, 5.41) is 2.71. The Labute approximate surface area is 165 Å². The highest BCUT2D eigenvalue weighted by molar-refractivity contribution is 7.89. The molecule has 0 atom stereocenters. The van der Waals surface area contributed by atoms with Gasteiger partial charge in [0.2, 0.25) is 15.9 Å². The van der Waals surface area contributed by atoms with Crippen molar-refractivity contribution in [2.75, 3.05) is 25.5 Å². The van der Waals surface area contributed by atoms with Crippen LogP contribution in [-0.2, 0) is 14.8 Å². The third kappa shape index (κ3) is 4.76. The highest BCUT2D eigenvalue weighted by atomic mass is 32.2. The maximum absolute atomic E-state index is 13.0. The number of carbonyl (C=O) groups is 1. The smallest absolute Gasteiger partial charge is 0.248 e. The minimum Gasteiger partial charge on any atom is -0.495 e. The summed E-state index contributed by atoms with van der Waals surface area (Å²) < 4.78 is 32.8. The summed E-state index contributed by atoms with van der Waals surface area (Å²) in [5.41, 5.74) is 1.23. The van der Waals surface area contributed by atoms with E-state index in [0.717, 1.165) is 19.3 Å². The maximum atomic E-state index is 13.0. The topological polar surface area (TPSA) is 88.6 Å². The molecule has 148 valence electrons. The summed E-state index contributed by atoms with van der Waals surface area (Å²) in [5.74, 6) is -0.0218. The number of pyridine rings is 1. The molecule has 0 saturated carbocycles. The molecule has 2 aromatic rings. The Kier molecular flexibility index (Phi) is 6.43. The minimum atomic E-state index is -3.65. The summed E-state index contributed by atoms with van der Waals surface area (Å²) >= 11 is 0. The molecular weight excluding hydrogens is 378 g/mol. The molecule has 1 amide bonds. The first kappa shape index (κ1) is 20.0. The van der Waals surface area contributed by atoms with Gasteiger partial charge in [-0.2, -0.15) is 4.31 Å². The predicted octanol–water partition coefficient (Wildman–Crippen LogP) is 2.92. The lowest BCUT2D eigenvalue weighted by Crippen LogP contribution is -2.35. The van der Waals surface area contributed by atoms with Gasteiger partial charge in [0, 0.05) is 37.2 Å². The van der Waals surface area contributed by atoms with Gasteiger partial charge in [0.25, 0.3) is 0 Å². The Morgan fingerprint density at radius 2 is 1.86 bits per heavy atom. The van der Waals surface area contributed by atoms with Crippen molar-refractivity contribution in [1.29, 1.82) is 0 Å². The van der Waals surface area contributed by atoms with Crippen LogP contribution in [0.3, 0.4) is 0 Å². The fraction of sp³-hybridized carbons (Fsp3) is 0.300. The van der Waals surface area contributed by atoms with Crippen LogP contribution in [0.1, 0.15) is 24.8 Å². The Morgan fingerprint density at radius 1 is 1.14 bits per heavy atom. The zero-order chi connectivity index (χ0) is 20.0. The third-order valence-electron chi connectivity index (χ3n) is 4.50. The number of aromatic nitrogens is 1. The molecule has 0 radical (unpaired) electrons. The molecule has 2 heterocycles. The Hall–Kier alpha value is -2.71. The number of nitrogens with zero attached hydrogens (tertiary/aromatic N) is 2. The standard InChI is InChI=1S/C20H23N3O4S/c1-27-18-7-5-16(6-8-20(24)22-17-9-11-21-12-10-17)15-19(18)28(25,26)23-13-3-2-4-14-23/h5-12,15H,2-4,13-14H2,1H3,(H,21,22,24)/b8-6+. The molecule has 7 nitrogen and oxygen atoms in total. The lowest BCUT2D eigenvalue weighted by atomic mass is 10.2. The van der Waals surface area contributed by atoms with E-state index in [-0.39, 0.29) is 10.8 Å². The number of piperidine rings is 1. The van der Waals surface area contributed by atoms with E-state index in [1.165, 1.54) is 17.5 Å². The van der Waals surface area contributed by atoms with E-state index in [9.17, 15) is 13.2 Å². The Balaban J connectivity index is 1.81. The molecule has 0 unspecified atom stereocenters. The van der Waals surface area contributed by atoms with Crippen molar-refractivity contribution in [1.82, 2.24) is 9.29 Å². The molecule has 3 rings (SSSR count). The molecule has 8 heteroatoms. The van der Waals surface area contributed by atoms with Crippen LogP contribution in [0.15, 0.2) is 53.7 Å². The van der Waals surface area contributed by atoms with Gasteiger partial charge in [0.1, 0.15) is 10.6 Å². The summed E-state index contributed by atoms with van der Waals surface area (Å²) in [6, 6.07) is 8.23. The average molecular weight is 401 g/mol. The molecule has 1 aliphatic heterocycles. The van der Waals surface area contributed by atoms with Crippen LogP contribution in [-0.4, -0.2) is 43.8 Å². The number of carbonyl (C=O) groups excluding carboxylic acids is 1. The van der Waals surface area contributed by atoms with E-state index in [4.69, 9.17) is 4.74 Å². The van der Waals surface area contributed by atoms with Gasteiger partial charge in [-0.15, -0.1) is 0 Å². The van der Waals surface area contributed by atoms with Gasteiger partial charge in [-0.25, -0.2) is 8.42 Å². The van der Waals surface area contributed by atoms with Gasteiger partial charge in [-0.05, 0) is 48.7 Å². The van der Waals surface area contributed by atoms with Crippen molar-refractivity contribution in [2.24, 2.45) is 0 Å². The fourth-order valence-corrected chi connectivity index (χ4v) is 4.74. The number of nitrogens with one attached hydrogen (secondary N) is 1. The molecular formula is C20H23N3O4S. The fourth-order valence-electron chi connectivity index (χ4n) is 3.03. The molecule has 1 N–H and O–H groups in total. The van der Waals surface area contributed by atoms with Crippen molar-refractivity contribution >= 4 is 27.7 Å². The number of ether oxygens (including phenoxy) is 1. The monoisotopic (exact) mass is 401 g/mol. The number of benzene rings is 1. The first-order valence-corrected chi connectivity index (χ1v) is 10.5. The second-order valence-electron chi connectivity index (χ2n) is 6.43. The van der Waals surface area contributed by atoms with E-state index in [0.29, 0.717) is 30.1 Å². The summed E-state index contributed by atoms with van der Waals surface area (Å²) in [4.78, 5) is 16.1. The van der Waals surface area contributed by atoms with Crippen LogP contribution < -0.4 is 10.1 Å². The molecule has 1 aromatic carbocycles. The van der Waals surface area contributed by atoms with Crippen LogP contribution in [0.2, 0.25) is 0 Å². The van der Waals surface area contributed by atoms with Crippen molar-refractivity contribution in [2.45, 2.75) is 24.2 Å². The van der Waals surface area contributed by atoms with Crippen molar-refractivity contribution in [3.8, 4) is 5.75 Å². The van der Waals surface area contributed by atoms with E-state index in [1.807, 2.05) is 0 Å². The average Bonchev–Trinajstić information content (AvgIpc) is 2.73. The number of rotatable bonds is 6. The number of anilines is 1. The van der Waals surface area contributed by atoms with Gasteiger partial charge in [0.05, 0.1) is 7.11 Å². The Morgan fingerprint density at radius 3 is 2.54 bits per heavy atom. The molecule has 0 spiro atoms. The van der Waals surface area contributed by atoms with Crippen molar-refractivity contribution in [3.05, 3.63) is 54.4 Å². The predicted molar refractivity (Wildman–Crippen MR) is 108 cm³/mol. The van der Waals surface area contributed by atoms with Gasteiger partial charge >= 0.3 is 0 Å². The second-order valence-corrected chi connectivity index (χ2v) is 8.34. The number of methoxy groups -OCH3 is 1. The van der Waals surface area contributed by atoms with E-state index < -0.39 is 10.0 Å². The van der Waals surface area contributed by atoms with E-state index >= 15 is 0 Å². The molecule has 0 aliphatic carbocycles. The van der Waals surface area contributed by atoms with Crippen LogP contribution >= 0.6 is 0 Å². The lowest BCUT2D eigenvalue weighted by Gasteiger charge is -2.26. The van der Waals surface area contributed by atoms with Crippen molar-refractivity contribution in [3.63, 3.8) is 0 Å². The second kappa shape index (κ2) is 8.99. The molecule has 1 aromatic heterocycles. The largest absolute Gasteiger partial charge is 0.495 e. The normalized spacial score (nSPS) is 15.5. The van der Waals surface area contributed by atoms with Crippen molar-refractivity contribution < 1.29 is 17.9 Å². The summed E-state index contributed by atoms with van der Waals surface area (Å²) in [7, 11) is -2.20. The zero-order valence-electron chi connectivity index (χ0n) is 15.7. The minimum absolute atomic E-state index is 0.119. The highest BCUT2D eigenvalue weighted by Gasteiger charge is 2.28. The van der Waals surface area contributed by atoms with Crippen LogP contribution in [0, 0.1) is 0 Å². The van der Waals surface area contributed by atoms with Crippen LogP contribution in [0.25, 0.3) is 6.08 Å². The third-order valence-corrected chi connectivity index (χ3v) is 6.42. The quantitative estimate of drug-likeness (QED) is 0.752. The van der Waals surface area contributed by atoms with E-state index in [2.05, 4.69) is 10.3 Å². The number of hydrogen-bond acceptors (Lipinski definition) is 5. The number of hydrogen-bond donors (Lipinski definition) is 1. The van der Waals surface area contributed by atoms with E-state index in [1.54, 1.807) is 48.8 Å². The molecule has 1 aliphatic rings. The molecule has 1 fully saturated rings. The van der Waals surface area contributed by atoms with Gasteiger partial charge in [0.15, 0.2) is 0 Å². The first-order chi connectivity index (χ1) is 13.5. The van der Waals surface area contributed by atoms with Gasteiger partial charge < -0.3 is 10.1 Å². The molecule has 28 heavy (non-hydrogen) atoms. The SMILES string of the molecule is COc1ccc(/C=C/C(=O)Nc2ccncc2)cc1S(=O)(=O)N1CCCCC1. The van der Waals surface area contributed by atoms with Crippen LogP contribution in [0.5, 0.6) is 5.75 Å². The lowest BCUT2D eigenvalue weighted by molar-refractivity contribution is -0.111. The first-order valence-electron chi connectivity index (χ1n) is 9.08. The number of sulfonamides is 1. The summed E-state index contributed by atoms with van der Waals surface area (Å²) in [6.45, 7) is 1.03. The molecule has 1 saturated heterocycles. The van der Waals surface area contributed by atoms with Crippen LogP contribution in [0.4, 0.5) is 5.69 Å². The highest BCUT2D eigenvalue weighted by Crippen LogP contribution is 2.30. The zero-order valence-corrected chi connectivity index (χ0v) is 16.5. The maximum Gasteiger partial charge on any atom is 0.248 e.